The van der Waals surface area contributed by atoms with Crippen LogP contribution in [0.4, 0.5) is 0 Å². The van der Waals surface area contributed by atoms with E-state index in [0.717, 1.165) is 0 Å². The Morgan fingerprint density at radius 2 is 1.91 bits per heavy atom. The van der Waals surface area contributed by atoms with Gasteiger partial charge in [-0.05, 0) is 19.8 Å². The van der Waals surface area contributed by atoms with Crippen LogP contribution in [-0.4, -0.2) is 12.2 Å². The average Bonchev–Trinajstić information content (AvgIpc) is 2.06. The Bertz CT molecular complexity index is 114. The summed E-state index contributed by atoms with van der Waals surface area (Å²) in [6.07, 6.45) is 8.61. The molecule has 0 bridgehead atoms. The van der Waals surface area contributed by atoms with Gasteiger partial charge in [-0.2, -0.15) is 0 Å². The second-order valence-corrected chi connectivity index (χ2v) is 3.17. The van der Waals surface area contributed by atoms with Gasteiger partial charge in [-0.25, -0.2) is 0 Å². The standard InChI is InChI=1S/C10H17O/c1-3-9(2)11-10-7-5-4-6-8-10/h3,9-10H,1-2,4-8H2. The summed E-state index contributed by atoms with van der Waals surface area (Å²) in [4.78, 5) is 0. The first-order valence-corrected chi connectivity index (χ1v) is 4.44. The highest BCUT2D eigenvalue weighted by molar-refractivity contribution is 4.83. The maximum atomic E-state index is 5.61. The predicted molar refractivity (Wildman–Crippen MR) is 47.3 cm³/mol. The van der Waals surface area contributed by atoms with Crippen molar-refractivity contribution in [2.45, 2.75) is 44.3 Å². The van der Waals surface area contributed by atoms with Gasteiger partial charge in [0, 0.05) is 0 Å². The predicted octanol–water partition coefficient (Wildman–Crippen LogP) is 2.72. The van der Waals surface area contributed by atoms with Gasteiger partial charge in [0.1, 0.15) is 0 Å². The van der Waals surface area contributed by atoms with Crippen LogP contribution in [0.5, 0.6) is 0 Å². The first kappa shape index (κ1) is 8.79. The molecule has 1 saturated carbocycles. The Balaban J connectivity index is 2.18. The van der Waals surface area contributed by atoms with Crippen molar-refractivity contribution in [1.29, 1.82) is 0 Å². The molecule has 63 valence electrons. The minimum atomic E-state index is -0.0156. The maximum Gasteiger partial charge on any atom is 0.0758 e. The largest absolute Gasteiger partial charge is 0.371 e. The van der Waals surface area contributed by atoms with E-state index >= 15 is 0 Å². The summed E-state index contributed by atoms with van der Waals surface area (Å²) >= 11 is 0. The van der Waals surface area contributed by atoms with Crippen LogP contribution in [0.1, 0.15) is 32.1 Å². The van der Waals surface area contributed by atoms with Crippen LogP contribution in [0.2, 0.25) is 0 Å². The van der Waals surface area contributed by atoms with E-state index < -0.39 is 0 Å². The smallest absolute Gasteiger partial charge is 0.0758 e. The van der Waals surface area contributed by atoms with Crippen molar-refractivity contribution >= 4 is 0 Å². The molecule has 1 rings (SSSR count). The van der Waals surface area contributed by atoms with Crippen molar-refractivity contribution < 1.29 is 4.74 Å². The molecule has 11 heavy (non-hydrogen) atoms. The van der Waals surface area contributed by atoms with Crippen LogP contribution in [0, 0.1) is 6.92 Å². The Kier molecular flexibility index (Phi) is 3.64. The van der Waals surface area contributed by atoms with Gasteiger partial charge in [0.25, 0.3) is 0 Å². The molecule has 0 heterocycles. The highest BCUT2D eigenvalue weighted by Gasteiger charge is 2.14. The normalized spacial score (nSPS) is 23.0. The van der Waals surface area contributed by atoms with E-state index in [0.29, 0.717) is 6.10 Å². The van der Waals surface area contributed by atoms with Gasteiger partial charge < -0.3 is 4.74 Å². The quantitative estimate of drug-likeness (QED) is 0.566. The summed E-state index contributed by atoms with van der Waals surface area (Å²) in [7, 11) is 0. The van der Waals surface area contributed by atoms with E-state index in [9.17, 15) is 0 Å². The van der Waals surface area contributed by atoms with Crippen molar-refractivity contribution in [3.8, 4) is 0 Å². The lowest BCUT2D eigenvalue weighted by molar-refractivity contribution is 0.0125. The molecule has 1 heteroatoms. The molecule has 0 N–H and O–H groups in total. The highest BCUT2D eigenvalue weighted by Crippen LogP contribution is 2.21. The van der Waals surface area contributed by atoms with E-state index in [1.165, 1.54) is 32.1 Å². The monoisotopic (exact) mass is 153 g/mol. The SMILES string of the molecule is [CH2]C(C=C)OC1CCCCC1. The minimum Gasteiger partial charge on any atom is -0.371 e. The number of hydrogen-bond donors (Lipinski definition) is 0. The van der Waals surface area contributed by atoms with Gasteiger partial charge in [0.15, 0.2) is 0 Å². The summed E-state index contributed by atoms with van der Waals surface area (Å²) in [5, 5.41) is 0. The van der Waals surface area contributed by atoms with Crippen LogP contribution in [0.15, 0.2) is 12.7 Å². The van der Waals surface area contributed by atoms with Crippen molar-refractivity contribution in [3.05, 3.63) is 19.6 Å². The van der Waals surface area contributed by atoms with Gasteiger partial charge >= 0.3 is 0 Å². The summed E-state index contributed by atoms with van der Waals surface area (Å²) in [5.41, 5.74) is 0. The van der Waals surface area contributed by atoms with Crippen LogP contribution in [0.25, 0.3) is 0 Å². The van der Waals surface area contributed by atoms with Gasteiger partial charge in [-0.15, -0.1) is 6.58 Å². The third-order valence-electron chi connectivity index (χ3n) is 2.18. The molecular weight excluding hydrogens is 136 g/mol. The van der Waals surface area contributed by atoms with E-state index in [1.807, 2.05) is 0 Å². The van der Waals surface area contributed by atoms with E-state index in [2.05, 4.69) is 13.5 Å². The molecule has 1 nitrogen and oxygen atoms in total. The Hall–Kier alpha value is -0.300. The van der Waals surface area contributed by atoms with Crippen LogP contribution in [0.3, 0.4) is 0 Å². The van der Waals surface area contributed by atoms with Gasteiger partial charge in [0.05, 0.1) is 12.2 Å². The van der Waals surface area contributed by atoms with Gasteiger partial charge in [-0.3, -0.25) is 0 Å². The molecule has 1 fully saturated rings. The van der Waals surface area contributed by atoms with Crippen LogP contribution in [-0.2, 0) is 4.74 Å². The molecule has 0 aromatic rings. The fraction of sp³-hybridized carbons (Fsp3) is 0.700. The van der Waals surface area contributed by atoms with E-state index in [4.69, 9.17) is 4.74 Å². The van der Waals surface area contributed by atoms with Crippen molar-refractivity contribution in [3.63, 3.8) is 0 Å². The molecule has 1 atom stereocenters. The van der Waals surface area contributed by atoms with Crippen LogP contribution < -0.4 is 0 Å². The zero-order chi connectivity index (χ0) is 8.10. The minimum absolute atomic E-state index is 0.0156. The highest BCUT2D eigenvalue weighted by atomic mass is 16.5. The zero-order valence-corrected chi connectivity index (χ0v) is 7.09. The van der Waals surface area contributed by atoms with Crippen molar-refractivity contribution in [2.75, 3.05) is 0 Å². The molecule has 1 aliphatic rings. The molecule has 1 unspecified atom stereocenters. The lowest BCUT2D eigenvalue weighted by Gasteiger charge is -2.24. The van der Waals surface area contributed by atoms with E-state index in [-0.39, 0.29) is 6.10 Å². The number of hydrogen-bond acceptors (Lipinski definition) is 1. The average molecular weight is 153 g/mol. The maximum absolute atomic E-state index is 5.61. The molecule has 0 aromatic heterocycles. The summed E-state index contributed by atoms with van der Waals surface area (Å²) in [5.74, 6) is 0. The summed E-state index contributed by atoms with van der Waals surface area (Å²) < 4.78 is 5.61. The first-order valence-electron chi connectivity index (χ1n) is 4.44. The molecule has 1 radical (unpaired) electrons. The Morgan fingerprint density at radius 1 is 1.27 bits per heavy atom. The number of ether oxygens (including phenoxy) is 1. The Morgan fingerprint density at radius 3 is 2.45 bits per heavy atom. The summed E-state index contributed by atoms with van der Waals surface area (Å²) in [6.45, 7) is 7.45. The Labute approximate surface area is 69.4 Å². The molecule has 0 saturated heterocycles. The third-order valence-corrected chi connectivity index (χ3v) is 2.18. The van der Waals surface area contributed by atoms with Crippen molar-refractivity contribution in [2.24, 2.45) is 0 Å². The fourth-order valence-electron chi connectivity index (χ4n) is 1.50. The third kappa shape index (κ3) is 3.06. The fourth-order valence-corrected chi connectivity index (χ4v) is 1.50. The molecule has 1 aliphatic carbocycles. The zero-order valence-electron chi connectivity index (χ0n) is 7.09. The topological polar surface area (TPSA) is 9.23 Å². The molecule has 0 spiro atoms. The summed E-state index contributed by atoms with van der Waals surface area (Å²) in [6, 6.07) is 0. The molecule has 0 amide bonds. The second kappa shape index (κ2) is 4.55. The van der Waals surface area contributed by atoms with Gasteiger partial charge in [-0.1, -0.05) is 25.3 Å². The van der Waals surface area contributed by atoms with E-state index in [1.54, 1.807) is 6.08 Å². The second-order valence-electron chi connectivity index (χ2n) is 3.17. The molecule has 0 aromatic carbocycles. The lowest BCUT2D eigenvalue weighted by Crippen LogP contribution is -2.21. The van der Waals surface area contributed by atoms with Crippen LogP contribution >= 0.6 is 0 Å². The number of rotatable bonds is 3. The lowest BCUT2D eigenvalue weighted by atomic mass is 9.98. The van der Waals surface area contributed by atoms with Crippen molar-refractivity contribution in [1.82, 2.24) is 0 Å². The van der Waals surface area contributed by atoms with Gasteiger partial charge in [0.2, 0.25) is 0 Å². The molecule has 0 aliphatic heterocycles. The molecular formula is C10H17O. The first-order chi connectivity index (χ1) is 5.33.